The fraction of sp³-hybridized carbons (Fsp3) is 0.250. The number of ether oxygens (including phenoxy) is 1. The summed E-state index contributed by atoms with van der Waals surface area (Å²) in [6.45, 7) is 0.605. The summed E-state index contributed by atoms with van der Waals surface area (Å²) in [4.78, 5) is 4.52. The van der Waals surface area contributed by atoms with Gasteiger partial charge in [-0.25, -0.2) is 13.6 Å². The normalized spacial score (nSPS) is 11.9. The summed E-state index contributed by atoms with van der Waals surface area (Å²) in [7, 11) is -2.03. The average Bonchev–Trinajstić information content (AvgIpc) is 2.34. The van der Waals surface area contributed by atoms with Gasteiger partial charge in [0.25, 0.3) is 0 Å². The number of nitrogens with zero attached hydrogens (tertiary/aromatic N) is 1. The van der Waals surface area contributed by atoms with Gasteiger partial charge in [-0.1, -0.05) is 6.07 Å². The maximum Gasteiger partial charge on any atom is 0.238 e. The minimum absolute atomic E-state index is 0.0986. The molecule has 0 bridgehead atoms. The molecule has 0 fully saturated rings. The summed E-state index contributed by atoms with van der Waals surface area (Å²) in [5, 5.41) is 5.83. The second kappa shape index (κ2) is 5.01. The van der Waals surface area contributed by atoms with Crippen molar-refractivity contribution in [2.45, 2.75) is 11.3 Å². The summed E-state index contributed by atoms with van der Waals surface area (Å²) >= 11 is 0. The Kier molecular flexibility index (Phi) is 3.60. The molecule has 0 aliphatic rings. The molecule has 0 unspecified atom stereocenters. The number of primary sulfonamides is 1. The number of methoxy groups -OCH3 is 1. The number of hydrogen-bond acceptors (Lipinski definition) is 4. The van der Waals surface area contributed by atoms with E-state index in [9.17, 15) is 8.42 Å². The third-order valence-electron chi connectivity index (χ3n) is 2.61. The lowest BCUT2D eigenvalue weighted by molar-refractivity contribution is 0.201. The molecule has 0 radical (unpaired) electrons. The van der Waals surface area contributed by atoms with Crippen LogP contribution in [0.5, 0.6) is 0 Å². The molecular formula is C12H14N2O3S. The summed E-state index contributed by atoms with van der Waals surface area (Å²) in [5.41, 5.74) is 1.66. The van der Waals surface area contributed by atoms with E-state index in [1.807, 2.05) is 12.1 Å². The lowest BCUT2D eigenvalue weighted by Crippen LogP contribution is -2.11. The fourth-order valence-electron chi connectivity index (χ4n) is 1.67. The molecule has 0 spiro atoms. The summed E-state index contributed by atoms with van der Waals surface area (Å²) < 4.78 is 27.4. The first-order chi connectivity index (χ1) is 8.50. The Labute approximate surface area is 106 Å². The van der Waals surface area contributed by atoms with Gasteiger partial charge in [0, 0.05) is 24.6 Å². The number of pyridine rings is 1. The maximum absolute atomic E-state index is 11.2. The summed E-state index contributed by atoms with van der Waals surface area (Å²) in [6, 6.07) is 8.34. The molecule has 96 valence electrons. The van der Waals surface area contributed by atoms with Crippen molar-refractivity contribution in [1.29, 1.82) is 0 Å². The second-order valence-corrected chi connectivity index (χ2v) is 5.51. The molecule has 0 saturated carbocycles. The molecule has 5 nitrogen and oxygen atoms in total. The van der Waals surface area contributed by atoms with Gasteiger partial charge in [0.1, 0.15) is 0 Å². The van der Waals surface area contributed by atoms with Crippen LogP contribution in [0.3, 0.4) is 0 Å². The van der Waals surface area contributed by atoms with Crippen molar-refractivity contribution in [2.75, 3.05) is 13.7 Å². The Balaban J connectivity index is 2.42. The smallest absolute Gasteiger partial charge is 0.238 e. The highest BCUT2D eigenvalue weighted by atomic mass is 32.2. The van der Waals surface area contributed by atoms with Crippen LogP contribution < -0.4 is 5.14 Å². The van der Waals surface area contributed by atoms with Crippen molar-refractivity contribution in [3.63, 3.8) is 0 Å². The first kappa shape index (κ1) is 12.9. The highest BCUT2D eigenvalue weighted by Gasteiger charge is 2.08. The highest BCUT2D eigenvalue weighted by molar-refractivity contribution is 7.89. The van der Waals surface area contributed by atoms with Crippen molar-refractivity contribution >= 4 is 20.9 Å². The van der Waals surface area contributed by atoms with Crippen LogP contribution in [0.25, 0.3) is 10.9 Å². The van der Waals surface area contributed by atoms with Crippen LogP contribution in [-0.4, -0.2) is 27.1 Å². The average molecular weight is 266 g/mol. The Hall–Kier alpha value is -1.50. The maximum atomic E-state index is 11.2. The molecule has 1 heterocycles. The number of hydrogen-bond donors (Lipinski definition) is 1. The fourth-order valence-corrected chi connectivity index (χ4v) is 2.22. The van der Waals surface area contributed by atoms with Crippen molar-refractivity contribution in [1.82, 2.24) is 4.98 Å². The monoisotopic (exact) mass is 266 g/mol. The number of rotatable bonds is 4. The van der Waals surface area contributed by atoms with E-state index in [2.05, 4.69) is 4.98 Å². The van der Waals surface area contributed by atoms with Gasteiger partial charge in [0.2, 0.25) is 10.0 Å². The van der Waals surface area contributed by atoms with E-state index < -0.39 is 10.0 Å². The summed E-state index contributed by atoms with van der Waals surface area (Å²) in [6.07, 6.45) is 0.726. The third-order valence-corrected chi connectivity index (χ3v) is 3.52. The molecule has 1 aromatic heterocycles. The lowest BCUT2D eigenvalue weighted by Gasteiger charge is -2.04. The molecule has 0 saturated heterocycles. The van der Waals surface area contributed by atoms with Gasteiger partial charge >= 0.3 is 0 Å². The number of nitrogens with two attached hydrogens (primary N) is 1. The number of fused-ring (bicyclic) bond motifs is 1. The van der Waals surface area contributed by atoms with E-state index in [4.69, 9.17) is 9.88 Å². The summed E-state index contributed by atoms with van der Waals surface area (Å²) in [5.74, 6) is 0. The van der Waals surface area contributed by atoms with E-state index in [-0.39, 0.29) is 4.90 Å². The van der Waals surface area contributed by atoms with E-state index in [1.165, 1.54) is 12.1 Å². The molecule has 6 heteroatoms. The van der Waals surface area contributed by atoms with Gasteiger partial charge < -0.3 is 4.74 Å². The third kappa shape index (κ3) is 2.84. The molecule has 0 aliphatic heterocycles. The van der Waals surface area contributed by atoms with Crippen LogP contribution in [0.4, 0.5) is 0 Å². The number of benzene rings is 1. The van der Waals surface area contributed by atoms with Crippen molar-refractivity contribution in [3.8, 4) is 0 Å². The molecular weight excluding hydrogens is 252 g/mol. The van der Waals surface area contributed by atoms with Crippen molar-refractivity contribution in [2.24, 2.45) is 5.14 Å². The van der Waals surface area contributed by atoms with Gasteiger partial charge in [0.15, 0.2) is 0 Å². The quantitative estimate of drug-likeness (QED) is 0.897. The standard InChI is InChI=1S/C12H14N2O3S/c1-17-7-6-10-3-2-9-8-11(18(13,15)16)4-5-12(9)14-10/h2-5,8H,6-7H2,1H3,(H2,13,15,16). The molecule has 2 aromatic rings. The predicted octanol–water partition coefficient (Wildman–Crippen LogP) is 1.07. The molecule has 1 aromatic carbocycles. The first-order valence-electron chi connectivity index (χ1n) is 5.42. The van der Waals surface area contributed by atoms with Crippen LogP contribution in [-0.2, 0) is 21.2 Å². The Morgan fingerprint density at radius 2 is 2.06 bits per heavy atom. The molecule has 2 N–H and O–H groups in total. The number of aromatic nitrogens is 1. The van der Waals surface area contributed by atoms with E-state index in [0.29, 0.717) is 6.61 Å². The van der Waals surface area contributed by atoms with Crippen molar-refractivity contribution in [3.05, 3.63) is 36.0 Å². The Morgan fingerprint density at radius 3 is 2.72 bits per heavy atom. The van der Waals surface area contributed by atoms with Crippen molar-refractivity contribution < 1.29 is 13.2 Å². The minimum atomic E-state index is -3.67. The Morgan fingerprint density at radius 1 is 1.28 bits per heavy atom. The van der Waals surface area contributed by atoms with E-state index in [1.54, 1.807) is 13.2 Å². The van der Waals surface area contributed by atoms with Crippen LogP contribution in [0.15, 0.2) is 35.2 Å². The van der Waals surface area contributed by atoms with Gasteiger partial charge in [-0.2, -0.15) is 0 Å². The van der Waals surface area contributed by atoms with Crippen LogP contribution >= 0.6 is 0 Å². The minimum Gasteiger partial charge on any atom is -0.384 e. The molecule has 18 heavy (non-hydrogen) atoms. The second-order valence-electron chi connectivity index (χ2n) is 3.94. The predicted molar refractivity (Wildman–Crippen MR) is 68.7 cm³/mol. The van der Waals surface area contributed by atoms with Gasteiger partial charge in [-0.3, -0.25) is 4.98 Å². The van der Waals surface area contributed by atoms with Gasteiger partial charge in [-0.05, 0) is 24.3 Å². The largest absolute Gasteiger partial charge is 0.384 e. The SMILES string of the molecule is COCCc1ccc2cc(S(N)(=O)=O)ccc2n1. The number of sulfonamides is 1. The first-order valence-corrected chi connectivity index (χ1v) is 6.97. The molecule has 0 amide bonds. The molecule has 2 rings (SSSR count). The van der Waals surface area contributed by atoms with Gasteiger partial charge in [-0.15, -0.1) is 0 Å². The zero-order valence-corrected chi connectivity index (χ0v) is 10.8. The zero-order valence-electron chi connectivity index (χ0n) is 9.96. The van der Waals surface area contributed by atoms with Gasteiger partial charge in [0.05, 0.1) is 17.0 Å². The Bertz CT molecular complexity index is 668. The highest BCUT2D eigenvalue weighted by Crippen LogP contribution is 2.17. The van der Waals surface area contributed by atoms with E-state index in [0.717, 1.165) is 23.0 Å². The molecule has 0 aliphatic carbocycles. The topological polar surface area (TPSA) is 82.3 Å². The van der Waals surface area contributed by atoms with Crippen LogP contribution in [0, 0.1) is 0 Å². The van der Waals surface area contributed by atoms with E-state index >= 15 is 0 Å². The zero-order chi connectivity index (χ0) is 13.2. The molecule has 0 atom stereocenters. The van der Waals surface area contributed by atoms with Crippen LogP contribution in [0.2, 0.25) is 0 Å². The lowest BCUT2D eigenvalue weighted by atomic mass is 10.2. The van der Waals surface area contributed by atoms with Crippen LogP contribution in [0.1, 0.15) is 5.69 Å².